The van der Waals surface area contributed by atoms with Gasteiger partial charge in [-0.2, -0.15) is 0 Å². The van der Waals surface area contributed by atoms with Crippen molar-refractivity contribution < 1.29 is 4.79 Å². The van der Waals surface area contributed by atoms with Gasteiger partial charge in [-0.05, 0) is 12.8 Å². The average Bonchev–Trinajstić information content (AvgIpc) is 2.23. The van der Waals surface area contributed by atoms with Crippen LogP contribution in [0.4, 0.5) is 0 Å². The number of unbranched alkanes of at least 4 members (excludes halogenated alkanes) is 6. The van der Waals surface area contributed by atoms with Gasteiger partial charge in [0.05, 0.1) is 0 Å². The first-order valence-electron chi connectivity index (χ1n) is 6.26. The van der Waals surface area contributed by atoms with Crippen LogP contribution in [0.1, 0.15) is 71.1 Å². The molecule has 1 heteroatoms. The average molecular weight is 208 g/mol. The maximum atomic E-state index is 11.3. The fourth-order valence-corrected chi connectivity index (χ4v) is 1.62. The smallest absolute Gasteiger partial charge is 0.132 e. The van der Waals surface area contributed by atoms with Gasteiger partial charge in [-0.15, -0.1) is 12.3 Å². The Morgan fingerprint density at radius 3 is 2.27 bits per heavy atom. The molecule has 0 N–H and O–H groups in total. The van der Waals surface area contributed by atoms with E-state index in [1.165, 1.54) is 32.1 Å². The van der Waals surface area contributed by atoms with Crippen molar-refractivity contribution in [1.29, 1.82) is 0 Å². The number of carbonyl (C=O) groups is 1. The molecule has 0 rings (SSSR count). The van der Waals surface area contributed by atoms with Crippen molar-refractivity contribution in [3.8, 4) is 12.3 Å². The second-order valence-electron chi connectivity index (χ2n) is 4.11. The van der Waals surface area contributed by atoms with Crippen molar-refractivity contribution in [2.45, 2.75) is 71.1 Å². The summed E-state index contributed by atoms with van der Waals surface area (Å²) in [5.74, 6) is 2.95. The minimum absolute atomic E-state index is 0.390. The van der Waals surface area contributed by atoms with Crippen LogP contribution in [0.15, 0.2) is 0 Å². The van der Waals surface area contributed by atoms with E-state index in [1.807, 2.05) is 0 Å². The summed E-state index contributed by atoms with van der Waals surface area (Å²) in [4.78, 5) is 11.3. The Morgan fingerprint density at radius 1 is 1.00 bits per heavy atom. The molecule has 0 saturated heterocycles. The number of terminal acetylenes is 1. The van der Waals surface area contributed by atoms with Crippen LogP contribution in [0.25, 0.3) is 0 Å². The molecule has 0 unspecified atom stereocenters. The zero-order valence-corrected chi connectivity index (χ0v) is 10.1. The van der Waals surface area contributed by atoms with Crippen molar-refractivity contribution in [1.82, 2.24) is 0 Å². The van der Waals surface area contributed by atoms with Gasteiger partial charge < -0.3 is 0 Å². The third-order valence-electron chi connectivity index (χ3n) is 2.59. The minimum Gasteiger partial charge on any atom is -0.300 e. The monoisotopic (exact) mass is 208 g/mol. The standard InChI is InChI=1S/C14H24O/c1-3-5-7-8-9-11-13-14(15)12-10-6-4-2/h2H,3,5-13H2,1H3. The van der Waals surface area contributed by atoms with E-state index < -0.39 is 0 Å². The van der Waals surface area contributed by atoms with Gasteiger partial charge in [-0.25, -0.2) is 0 Å². The summed E-state index contributed by atoms with van der Waals surface area (Å²) in [6.07, 6.45) is 15.7. The highest BCUT2D eigenvalue weighted by Crippen LogP contribution is 2.08. The lowest BCUT2D eigenvalue weighted by Gasteiger charge is -2.00. The minimum atomic E-state index is 0.390. The second kappa shape index (κ2) is 11.3. The largest absolute Gasteiger partial charge is 0.300 e. The molecule has 0 atom stereocenters. The van der Waals surface area contributed by atoms with Crippen LogP contribution >= 0.6 is 0 Å². The van der Waals surface area contributed by atoms with E-state index in [0.717, 1.165) is 25.7 Å². The number of ketones is 1. The highest BCUT2D eigenvalue weighted by Gasteiger charge is 2.00. The molecule has 0 aromatic carbocycles. The van der Waals surface area contributed by atoms with Crippen molar-refractivity contribution in [2.24, 2.45) is 0 Å². The lowest BCUT2D eigenvalue weighted by atomic mass is 10.0. The van der Waals surface area contributed by atoms with E-state index >= 15 is 0 Å². The number of rotatable bonds is 10. The van der Waals surface area contributed by atoms with Crippen LogP contribution in [0, 0.1) is 12.3 Å². The second-order valence-corrected chi connectivity index (χ2v) is 4.11. The number of hydrogen-bond donors (Lipinski definition) is 0. The molecule has 0 aliphatic carbocycles. The Hall–Kier alpha value is -0.770. The Balaban J connectivity index is 3.14. The summed E-state index contributed by atoms with van der Waals surface area (Å²) in [7, 11) is 0. The highest BCUT2D eigenvalue weighted by atomic mass is 16.1. The number of hydrogen-bond acceptors (Lipinski definition) is 1. The van der Waals surface area contributed by atoms with Gasteiger partial charge >= 0.3 is 0 Å². The van der Waals surface area contributed by atoms with Gasteiger partial charge in [0, 0.05) is 19.3 Å². The third-order valence-corrected chi connectivity index (χ3v) is 2.59. The van der Waals surface area contributed by atoms with E-state index in [0.29, 0.717) is 12.2 Å². The lowest BCUT2D eigenvalue weighted by Crippen LogP contribution is -1.97. The molecule has 0 aliphatic rings. The summed E-state index contributed by atoms with van der Waals surface area (Å²) in [6.45, 7) is 2.22. The normalized spacial score (nSPS) is 9.87. The molecular formula is C14H24O. The first-order valence-corrected chi connectivity index (χ1v) is 6.26. The predicted octanol–water partition coefficient (Wildman–Crippen LogP) is 4.11. The van der Waals surface area contributed by atoms with Crippen LogP contribution in [0.5, 0.6) is 0 Å². The maximum absolute atomic E-state index is 11.3. The van der Waals surface area contributed by atoms with E-state index in [9.17, 15) is 4.79 Å². The fraction of sp³-hybridized carbons (Fsp3) is 0.786. The van der Waals surface area contributed by atoms with Gasteiger partial charge in [0.25, 0.3) is 0 Å². The molecule has 0 aliphatic heterocycles. The molecule has 86 valence electrons. The topological polar surface area (TPSA) is 17.1 Å². The van der Waals surface area contributed by atoms with Crippen LogP contribution < -0.4 is 0 Å². The highest BCUT2D eigenvalue weighted by molar-refractivity contribution is 5.78. The molecule has 0 aromatic heterocycles. The SMILES string of the molecule is C#CCCCC(=O)CCCCCCCC. The summed E-state index contributed by atoms with van der Waals surface area (Å²) in [6, 6.07) is 0. The summed E-state index contributed by atoms with van der Waals surface area (Å²) < 4.78 is 0. The summed E-state index contributed by atoms with van der Waals surface area (Å²) in [5.41, 5.74) is 0. The maximum Gasteiger partial charge on any atom is 0.132 e. The molecule has 1 nitrogen and oxygen atoms in total. The van der Waals surface area contributed by atoms with E-state index in [4.69, 9.17) is 6.42 Å². The predicted molar refractivity (Wildman–Crippen MR) is 65.7 cm³/mol. The van der Waals surface area contributed by atoms with Crippen molar-refractivity contribution >= 4 is 5.78 Å². The van der Waals surface area contributed by atoms with Crippen molar-refractivity contribution in [2.75, 3.05) is 0 Å². The molecule has 0 amide bonds. The molecule has 0 fully saturated rings. The Kier molecular flexibility index (Phi) is 10.7. The van der Waals surface area contributed by atoms with Gasteiger partial charge in [0.1, 0.15) is 5.78 Å². The van der Waals surface area contributed by atoms with E-state index in [2.05, 4.69) is 12.8 Å². The molecule has 0 spiro atoms. The summed E-state index contributed by atoms with van der Waals surface area (Å²) in [5, 5.41) is 0. The van der Waals surface area contributed by atoms with Gasteiger partial charge in [0.2, 0.25) is 0 Å². The van der Waals surface area contributed by atoms with Crippen LogP contribution in [0.3, 0.4) is 0 Å². The van der Waals surface area contributed by atoms with Gasteiger partial charge in [-0.3, -0.25) is 4.79 Å². The van der Waals surface area contributed by atoms with E-state index in [1.54, 1.807) is 0 Å². The molecule has 0 heterocycles. The number of Topliss-reactive ketones (excluding diaryl/α,β-unsaturated/α-hetero) is 1. The van der Waals surface area contributed by atoms with Crippen LogP contribution in [0.2, 0.25) is 0 Å². The van der Waals surface area contributed by atoms with Gasteiger partial charge in [0.15, 0.2) is 0 Å². The number of carbonyl (C=O) groups excluding carboxylic acids is 1. The van der Waals surface area contributed by atoms with E-state index in [-0.39, 0.29) is 0 Å². The Morgan fingerprint density at radius 2 is 1.60 bits per heavy atom. The Bertz CT molecular complexity index is 188. The van der Waals surface area contributed by atoms with Crippen LogP contribution in [-0.2, 0) is 4.79 Å². The first-order chi connectivity index (χ1) is 7.31. The van der Waals surface area contributed by atoms with Crippen LogP contribution in [-0.4, -0.2) is 5.78 Å². The van der Waals surface area contributed by atoms with Gasteiger partial charge in [-0.1, -0.05) is 39.0 Å². The first kappa shape index (κ1) is 14.2. The van der Waals surface area contributed by atoms with Crippen molar-refractivity contribution in [3.05, 3.63) is 0 Å². The lowest BCUT2D eigenvalue weighted by molar-refractivity contribution is -0.119. The molecule has 0 radical (unpaired) electrons. The molecular weight excluding hydrogens is 184 g/mol. The molecule has 0 aromatic rings. The third kappa shape index (κ3) is 11.2. The fourth-order valence-electron chi connectivity index (χ4n) is 1.62. The summed E-state index contributed by atoms with van der Waals surface area (Å²) >= 11 is 0. The molecule has 0 bridgehead atoms. The van der Waals surface area contributed by atoms with Crippen molar-refractivity contribution in [3.63, 3.8) is 0 Å². The zero-order chi connectivity index (χ0) is 11.4. The zero-order valence-electron chi connectivity index (χ0n) is 10.1. The quantitative estimate of drug-likeness (QED) is 0.390. The molecule has 15 heavy (non-hydrogen) atoms. The Labute approximate surface area is 94.6 Å². The molecule has 0 saturated carbocycles.